The van der Waals surface area contributed by atoms with Crippen LogP contribution >= 0.6 is 11.8 Å². The SMILES string of the molecule is CCC1=C(C(=O)OC)[C@H](c2ccc(OC)cc2)N2C(CC(=O)NCc3ccco3)=CSC2=N1. The van der Waals surface area contributed by atoms with Crippen molar-refractivity contribution in [3.63, 3.8) is 0 Å². The lowest BCUT2D eigenvalue weighted by Gasteiger charge is -2.36. The third-order valence-corrected chi connectivity index (χ3v) is 6.33. The van der Waals surface area contributed by atoms with Crippen molar-refractivity contribution in [2.75, 3.05) is 14.2 Å². The first-order valence-electron chi connectivity index (χ1n) is 10.5. The molecule has 172 valence electrons. The molecule has 8 nitrogen and oxygen atoms in total. The molecule has 33 heavy (non-hydrogen) atoms. The van der Waals surface area contributed by atoms with Crippen LogP contribution in [0.15, 0.2) is 74.4 Å². The topological polar surface area (TPSA) is 93.4 Å². The largest absolute Gasteiger partial charge is 0.497 e. The molecule has 1 atom stereocenters. The monoisotopic (exact) mass is 467 g/mol. The fraction of sp³-hybridized carbons (Fsp3) is 0.292. The molecule has 1 aromatic heterocycles. The van der Waals surface area contributed by atoms with Crippen LogP contribution in [0.2, 0.25) is 0 Å². The van der Waals surface area contributed by atoms with Crippen molar-refractivity contribution in [1.29, 1.82) is 0 Å². The molecule has 9 heteroatoms. The van der Waals surface area contributed by atoms with Gasteiger partial charge in [-0.25, -0.2) is 9.79 Å². The predicted molar refractivity (Wildman–Crippen MR) is 125 cm³/mol. The van der Waals surface area contributed by atoms with E-state index in [1.807, 2.05) is 41.5 Å². The molecule has 1 aromatic carbocycles. The quantitative estimate of drug-likeness (QED) is 0.584. The number of fused-ring (bicyclic) bond motifs is 1. The van der Waals surface area contributed by atoms with E-state index < -0.39 is 12.0 Å². The highest BCUT2D eigenvalue weighted by Crippen LogP contribution is 2.45. The van der Waals surface area contributed by atoms with Crippen molar-refractivity contribution in [3.8, 4) is 5.75 Å². The number of carbonyl (C=O) groups is 2. The van der Waals surface area contributed by atoms with E-state index in [-0.39, 0.29) is 12.3 Å². The van der Waals surface area contributed by atoms with Gasteiger partial charge in [0.15, 0.2) is 5.17 Å². The fourth-order valence-electron chi connectivity index (χ4n) is 3.84. The Labute approximate surface area is 196 Å². The van der Waals surface area contributed by atoms with Crippen LogP contribution in [0.4, 0.5) is 0 Å². The Morgan fingerprint density at radius 3 is 2.64 bits per heavy atom. The number of nitrogens with zero attached hydrogens (tertiary/aromatic N) is 2. The standard InChI is InChI=1S/C24H25N3O5S/c1-4-19-21(23(29)31-3)22(15-7-9-17(30-2)10-8-15)27-16(14-33-24(27)26-19)12-20(28)25-13-18-6-5-11-32-18/h5-11,14,22H,4,12-13H2,1-3H3,(H,25,28)/t22-/m0/s1. The van der Waals surface area contributed by atoms with E-state index in [2.05, 4.69) is 5.32 Å². The number of hydrogen-bond acceptors (Lipinski definition) is 8. The summed E-state index contributed by atoms with van der Waals surface area (Å²) in [5.74, 6) is 0.802. The zero-order chi connectivity index (χ0) is 23.4. The molecule has 0 spiro atoms. The normalized spacial score (nSPS) is 17.3. The van der Waals surface area contributed by atoms with E-state index in [4.69, 9.17) is 18.9 Å². The molecular formula is C24H25N3O5S. The number of amidine groups is 1. The molecule has 2 aromatic rings. The average Bonchev–Trinajstić information content (AvgIpc) is 3.51. The number of allylic oxidation sites excluding steroid dienone is 1. The lowest BCUT2D eigenvalue weighted by atomic mass is 9.93. The minimum absolute atomic E-state index is 0.134. The highest BCUT2D eigenvalue weighted by atomic mass is 32.2. The van der Waals surface area contributed by atoms with Gasteiger partial charge in [0.1, 0.15) is 11.5 Å². The van der Waals surface area contributed by atoms with Crippen LogP contribution in [0, 0.1) is 0 Å². The summed E-state index contributed by atoms with van der Waals surface area (Å²) < 4.78 is 15.7. The van der Waals surface area contributed by atoms with Crippen molar-refractivity contribution in [1.82, 2.24) is 10.2 Å². The smallest absolute Gasteiger partial charge is 0.338 e. The predicted octanol–water partition coefficient (Wildman–Crippen LogP) is 4.13. The van der Waals surface area contributed by atoms with Crippen molar-refractivity contribution >= 4 is 28.8 Å². The molecular weight excluding hydrogens is 442 g/mol. The van der Waals surface area contributed by atoms with Crippen LogP contribution < -0.4 is 10.1 Å². The number of aliphatic imine (C=N–C) groups is 1. The van der Waals surface area contributed by atoms with Crippen molar-refractivity contribution in [2.24, 2.45) is 4.99 Å². The summed E-state index contributed by atoms with van der Waals surface area (Å²) in [5, 5.41) is 5.52. The molecule has 0 saturated carbocycles. The Hall–Kier alpha value is -3.46. The molecule has 0 unspecified atom stereocenters. The average molecular weight is 468 g/mol. The Bertz CT molecular complexity index is 1120. The number of hydrogen-bond donors (Lipinski definition) is 1. The van der Waals surface area contributed by atoms with E-state index in [1.54, 1.807) is 25.5 Å². The molecule has 0 aliphatic carbocycles. The van der Waals surface area contributed by atoms with Crippen LogP contribution in [0.5, 0.6) is 5.75 Å². The van der Waals surface area contributed by atoms with Gasteiger partial charge in [-0.15, -0.1) is 0 Å². The number of furan rings is 1. The summed E-state index contributed by atoms with van der Waals surface area (Å²) in [7, 11) is 2.97. The van der Waals surface area contributed by atoms with Crippen LogP contribution in [-0.4, -0.2) is 36.2 Å². The van der Waals surface area contributed by atoms with Gasteiger partial charge in [-0.05, 0) is 41.7 Å². The maximum absolute atomic E-state index is 12.9. The van der Waals surface area contributed by atoms with Crippen molar-refractivity contribution < 1.29 is 23.5 Å². The van der Waals surface area contributed by atoms with E-state index in [1.165, 1.54) is 18.9 Å². The first-order chi connectivity index (χ1) is 16.0. The third kappa shape index (κ3) is 4.68. The summed E-state index contributed by atoms with van der Waals surface area (Å²) in [6.07, 6.45) is 2.28. The van der Waals surface area contributed by atoms with E-state index in [9.17, 15) is 9.59 Å². The van der Waals surface area contributed by atoms with Crippen molar-refractivity contribution in [2.45, 2.75) is 32.4 Å². The summed E-state index contributed by atoms with van der Waals surface area (Å²) in [5.41, 5.74) is 2.78. The number of amides is 1. The Morgan fingerprint density at radius 1 is 1.21 bits per heavy atom. The van der Waals surface area contributed by atoms with Crippen LogP contribution in [0.25, 0.3) is 0 Å². The summed E-state index contributed by atoms with van der Waals surface area (Å²) in [4.78, 5) is 32.3. The van der Waals surface area contributed by atoms with Gasteiger partial charge in [0.25, 0.3) is 0 Å². The Kier molecular flexibility index (Phi) is 6.88. The summed E-state index contributed by atoms with van der Waals surface area (Å²) in [6, 6.07) is 10.7. The van der Waals surface area contributed by atoms with Crippen molar-refractivity contribution in [3.05, 3.63) is 76.4 Å². The first kappa shape index (κ1) is 22.7. The highest BCUT2D eigenvalue weighted by molar-refractivity contribution is 8.16. The lowest BCUT2D eigenvalue weighted by molar-refractivity contribution is -0.136. The first-order valence-corrected chi connectivity index (χ1v) is 11.4. The van der Waals surface area contributed by atoms with Gasteiger partial charge in [-0.3, -0.25) is 4.79 Å². The number of ether oxygens (including phenoxy) is 2. The Morgan fingerprint density at radius 2 is 2.00 bits per heavy atom. The maximum Gasteiger partial charge on any atom is 0.338 e. The van der Waals surface area contributed by atoms with Gasteiger partial charge < -0.3 is 24.1 Å². The molecule has 2 aliphatic rings. The number of thioether (sulfide) groups is 1. The molecule has 0 radical (unpaired) electrons. The third-order valence-electron chi connectivity index (χ3n) is 5.44. The number of rotatable bonds is 8. The number of esters is 1. The molecule has 4 rings (SSSR count). The molecule has 3 heterocycles. The number of methoxy groups -OCH3 is 2. The second-order valence-electron chi connectivity index (χ2n) is 7.41. The van der Waals surface area contributed by atoms with Gasteiger partial charge in [0, 0.05) is 5.70 Å². The summed E-state index contributed by atoms with van der Waals surface area (Å²) in [6.45, 7) is 2.27. The molecule has 1 amide bonds. The zero-order valence-electron chi connectivity index (χ0n) is 18.7. The molecule has 0 fully saturated rings. The molecule has 0 saturated heterocycles. The van der Waals surface area contributed by atoms with E-state index in [0.717, 1.165) is 16.4 Å². The minimum atomic E-state index is -0.468. The second-order valence-corrected chi connectivity index (χ2v) is 8.24. The number of carbonyl (C=O) groups excluding carboxylic acids is 2. The fourth-order valence-corrected chi connectivity index (χ4v) is 4.78. The highest BCUT2D eigenvalue weighted by Gasteiger charge is 2.41. The van der Waals surface area contributed by atoms with Gasteiger partial charge in [-0.1, -0.05) is 30.8 Å². The van der Waals surface area contributed by atoms with E-state index in [0.29, 0.717) is 35.7 Å². The van der Waals surface area contributed by atoms with Gasteiger partial charge in [-0.2, -0.15) is 0 Å². The second kappa shape index (κ2) is 9.99. The van der Waals surface area contributed by atoms with Gasteiger partial charge in [0.2, 0.25) is 5.91 Å². The van der Waals surface area contributed by atoms with Crippen LogP contribution in [0.1, 0.15) is 37.1 Å². The van der Waals surface area contributed by atoms with E-state index >= 15 is 0 Å². The number of nitrogens with one attached hydrogen (secondary N) is 1. The summed E-state index contributed by atoms with van der Waals surface area (Å²) >= 11 is 1.44. The minimum Gasteiger partial charge on any atom is -0.497 e. The Balaban J connectivity index is 1.65. The maximum atomic E-state index is 12.9. The van der Waals surface area contributed by atoms with Gasteiger partial charge in [0.05, 0.1) is 50.8 Å². The molecule has 0 bridgehead atoms. The van der Waals surface area contributed by atoms with Crippen LogP contribution in [0.3, 0.4) is 0 Å². The number of benzene rings is 1. The van der Waals surface area contributed by atoms with Gasteiger partial charge >= 0.3 is 5.97 Å². The van der Waals surface area contributed by atoms with Crippen LogP contribution in [-0.2, 0) is 20.9 Å². The molecule has 2 aliphatic heterocycles. The zero-order valence-corrected chi connectivity index (χ0v) is 19.5. The lowest BCUT2D eigenvalue weighted by Crippen LogP contribution is -2.38. The molecule has 1 N–H and O–H groups in total.